The van der Waals surface area contributed by atoms with Crippen LogP contribution in [0, 0.1) is 17.2 Å². The maximum Gasteiger partial charge on any atom is 0.323 e. The molecule has 2 aliphatic rings. The molecular formula is C32H35N5O3. The summed E-state index contributed by atoms with van der Waals surface area (Å²) >= 11 is 0. The summed E-state index contributed by atoms with van der Waals surface area (Å²) in [6.45, 7) is 2.93. The molecule has 2 aliphatic heterocycles. The second-order valence-corrected chi connectivity index (χ2v) is 10.5. The van der Waals surface area contributed by atoms with Crippen LogP contribution in [0.5, 0.6) is 0 Å². The Balaban J connectivity index is 1.28. The van der Waals surface area contributed by atoms with Crippen LogP contribution >= 0.6 is 0 Å². The standard InChI is InChI=1S/C32H35N5O3/c33-21-25-8-4-9-26(19-25)35-32(39)36-27-11-12-30(29(20-27)31(38)34-22-28-10-5-17-40-28)37-15-13-24(14-16-37)18-23-6-2-1-3-7-23/h1-4,6-9,11-12,19-20,24,28H,5,10,13-18,22H2,(H,34,38)(H2,35,36,39)/t28-/m1/s1. The molecule has 0 spiro atoms. The van der Waals surface area contributed by atoms with Crippen molar-refractivity contribution in [3.8, 4) is 6.07 Å². The molecule has 0 aliphatic carbocycles. The van der Waals surface area contributed by atoms with Crippen molar-refractivity contribution < 1.29 is 14.3 Å². The molecule has 40 heavy (non-hydrogen) atoms. The summed E-state index contributed by atoms with van der Waals surface area (Å²) in [5.74, 6) is 0.433. The van der Waals surface area contributed by atoms with Crippen molar-refractivity contribution >= 4 is 29.0 Å². The summed E-state index contributed by atoms with van der Waals surface area (Å²) in [6.07, 6.45) is 5.16. The predicted octanol–water partition coefficient (Wildman–Crippen LogP) is 5.57. The van der Waals surface area contributed by atoms with Crippen LogP contribution in [0.4, 0.5) is 21.9 Å². The topological polar surface area (TPSA) is 106 Å². The first kappa shape index (κ1) is 27.2. The van der Waals surface area contributed by atoms with E-state index in [2.05, 4.69) is 51.2 Å². The number of anilines is 3. The number of nitrogens with zero attached hydrogens (tertiary/aromatic N) is 2. The van der Waals surface area contributed by atoms with Crippen LogP contribution in [-0.2, 0) is 11.2 Å². The largest absolute Gasteiger partial charge is 0.376 e. The van der Waals surface area contributed by atoms with E-state index in [0.717, 1.165) is 57.5 Å². The molecule has 3 amide bonds. The summed E-state index contributed by atoms with van der Waals surface area (Å²) in [4.78, 5) is 28.4. The zero-order chi connectivity index (χ0) is 27.7. The number of amides is 3. The molecule has 5 rings (SSSR count). The van der Waals surface area contributed by atoms with Crippen LogP contribution < -0.4 is 20.9 Å². The number of hydrogen-bond acceptors (Lipinski definition) is 5. The summed E-state index contributed by atoms with van der Waals surface area (Å²) in [5.41, 5.74) is 4.25. The molecule has 2 fully saturated rings. The van der Waals surface area contributed by atoms with Crippen LogP contribution in [0.1, 0.15) is 47.2 Å². The van der Waals surface area contributed by atoms with Crippen molar-refractivity contribution in [1.82, 2.24) is 5.32 Å². The number of benzene rings is 3. The van der Waals surface area contributed by atoms with Gasteiger partial charge in [-0.1, -0.05) is 36.4 Å². The highest BCUT2D eigenvalue weighted by Gasteiger charge is 2.25. The lowest BCUT2D eigenvalue weighted by molar-refractivity contribution is 0.0858. The van der Waals surface area contributed by atoms with Crippen LogP contribution in [0.25, 0.3) is 0 Å². The van der Waals surface area contributed by atoms with E-state index in [4.69, 9.17) is 10.00 Å². The molecule has 0 saturated carbocycles. The van der Waals surface area contributed by atoms with E-state index in [1.165, 1.54) is 5.56 Å². The molecule has 8 nitrogen and oxygen atoms in total. The molecule has 8 heteroatoms. The van der Waals surface area contributed by atoms with Gasteiger partial charge in [0.15, 0.2) is 0 Å². The molecule has 3 aromatic carbocycles. The van der Waals surface area contributed by atoms with Crippen molar-refractivity contribution in [1.29, 1.82) is 5.26 Å². The van der Waals surface area contributed by atoms with E-state index >= 15 is 0 Å². The fourth-order valence-electron chi connectivity index (χ4n) is 5.46. The lowest BCUT2D eigenvalue weighted by atomic mass is 9.89. The minimum absolute atomic E-state index is 0.0393. The second kappa shape index (κ2) is 13.1. The molecule has 3 N–H and O–H groups in total. The number of carbonyl (C=O) groups excluding carboxylic acids is 2. The average molecular weight is 538 g/mol. The summed E-state index contributed by atoms with van der Waals surface area (Å²) in [7, 11) is 0. The monoisotopic (exact) mass is 537 g/mol. The van der Waals surface area contributed by atoms with Gasteiger partial charge in [0.1, 0.15) is 0 Å². The Morgan fingerprint density at radius 3 is 2.42 bits per heavy atom. The van der Waals surface area contributed by atoms with Crippen LogP contribution in [0.2, 0.25) is 0 Å². The molecule has 2 heterocycles. The number of piperidine rings is 1. The van der Waals surface area contributed by atoms with Gasteiger partial charge in [-0.15, -0.1) is 0 Å². The molecule has 0 radical (unpaired) electrons. The van der Waals surface area contributed by atoms with Crippen LogP contribution in [-0.4, -0.2) is 44.3 Å². The minimum atomic E-state index is -0.449. The predicted molar refractivity (Wildman–Crippen MR) is 157 cm³/mol. The fourth-order valence-corrected chi connectivity index (χ4v) is 5.46. The van der Waals surface area contributed by atoms with E-state index < -0.39 is 6.03 Å². The Bertz CT molecular complexity index is 1360. The zero-order valence-corrected chi connectivity index (χ0v) is 22.6. The van der Waals surface area contributed by atoms with Crippen molar-refractivity contribution in [2.24, 2.45) is 5.92 Å². The first-order valence-corrected chi connectivity index (χ1v) is 14.0. The van der Waals surface area contributed by atoms with Gasteiger partial charge in [0.05, 0.1) is 23.3 Å². The third kappa shape index (κ3) is 7.19. The fraction of sp³-hybridized carbons (Fsp3) is 0.344. The molecular weight excluding hydrogens is 502 g/mol. The van der Waals surface area contributed by atoms with Crippen LogP contribution in [0.3, 0.4) is 0 Å². The van der Waals surface area contributed by atoms with Crippen molar-refractivity contribution in [2.45, 2.75) is 38.2 Å². The van der Waals surface area contributed by atoms with Gasteiger partial charge in [-0.3, -0.25) is 4.79 Å². The van der Waals surface area contributed by atoms with Crippen LogP contribution in [0.15, 0.2) is 72.8 Å². The van der Waals surface area contributed by atoms with Gasteiger partial charge in [0.2, 0.25) is 0 Å². The molecule has 1 atom stereocenters. The highest BCUT2D eigenvalue weighted by atomic mass is 16.5. The Kier molecular flexibility index (Phi) is 8.94. The van der Waals surface area contributed by atoms with E-state index in [9.17, 15) is 9.59 Å². The molecule has 0 unspecified atom stereocenters. The second-order valence-electron chi connectivity index (χ2n) is 10.5. The van der Waals surface area contributed by atoms with Gasteiger partial charge in [0.25, 0.3) is 5.91 Å². The smallest absolute Gasteiger partial charge is 0.323 e. The zero-order valence-electron chi connectivity index (χ0n) is 22.6. The van der Waals surface area contributed by atoms with Gasteiger partial charge < -0.3 is 25.6 Å². The van der Waals surface area contributed by atoms with Gasteiger partial charge in [0, 0.05) is 43.3 Å². The average Bonchev–Trinajstić information content (AvgIpc) is 3.51. The van der Waals surface area contributed by atoms with E-state index in [-0.39, 0.29) is 12.0 Å². The van der Waals surface area contributed by atoms with Gasteiger partial charge in [-0.05, 0) is 80.0 Å². The number of hydrogen-bond donors (Lipinski definition) is 3. The maximum atomic E-state index is 13.4. The van der Waals surface area contributed by atoms with E-state index in [0.29, 0.717) is 35.0 Å². The number of ether oxygens (including phenoxy) is 1. The minimum Gasteiger partial charge on any atom is -0.376 e. The van der Waals surface area contributed by atoms with E-state index in [1.54, 1.807) is 30.3 Å². The Hall–Kier alpha value is -4.35. The number of urea groups is 1. The first-order chi connectivity index (χ1) is 19.6. The molecule has 0 aromatic heterocycles. The number of rotatable bonds is 8. The summed E-state index contributed by atoms with van der Waals surface area (Å²) in [6, 6.07) is 24.4. The third-order valence-electron chi connectivity index (χ3n) is 7.59. The highest BCUT2D eigenvalue weighted by Crippen LogP contribution is 2.30. The highest BCUT2D eigenvalue weighted by molar-refractivity contribution is 6.04. The first-order valence-electron chi connectivity index (χ1n) is 14.0. The molecule has 2 saturated heterocycles. The Morgan fingerprint density at radius 2 is 1.70 bits per heavy atom. The number of nitriles is 1. The molecule has 0 bridgehead atoms. The van der Waals surface area contributed by atoms with Gasteiger partial charge >= 0.3 is 6.03 Å². The van der Waals surface area contributed by atoms with Crippen molar-refractivity contribution in [3.63, 3.8) is 0 Å². The van der Waals surface area contributed by atoms with E-state index in [1.807, 2.05) is 18.2 Å². The lowest BCUT2D eigenvalue weighted by Gasteiger charge is -2.35. The SMILES string of the molecule is N#Cc1cccc(NC(=O)Nc2ccc(N3CCC(Cc4ccccc4)CC3)c(C(=O)NC[C@H]3CCCO3)c2)c1. The van der Waals surface area contributed by atoms with Crippen molar-refractivity contribution in [3.05, 3.63) is 89.5 Å². The lowest BCUT2D eigenvalue weighted by Crippen LogP contribution is -2.37. The van der Waals surface area contributed by atoms with Gasteiger partial charge in [-0.2, -0.15) is 5.26 Å². The quantitative estimate of drug-likeness (QED) is 0.348. The third-order valence-corrected chi connectivity index (χ3v) is 7.59. The normalized spacial score (nSPS) is 17.2. The molecule has 206 valence electrons. The number of nitrogens with one attached hydrogen (secondary N) is 3. The van der Waals surface area contributed by atoms with Gasteiger partial charge in [-0.25, -0.2) is 4.79 Å². The Morgan fingerprint density at radius 1 is 0.925 bits per heavy atom. The number of carbonyl (C=O) groups is 2. The van der Waals surface area contributed by atoms with Crippen molar-refractivity contribution in [2.75, 3.05) is 41.8 Å². The summed E-state index contributed by atoms with van der Waals surface area (Å²) in [5, 5.41) is 17.7. The molecule has 3 aromatic rings. The maximum absolute atomic E-state index is 13.4. The summed E-state index contributed by atoms with van der Waals surface area (Å²) < 4.78 is 5.69. The Labute approximate surface area is 235 Å².